The Balaban J connectivity index is 0.00000267. The topological polar surface area (TPSA) is 72.7 Å². The second-order valence-electron chi connectivity index (χ2n) is 9.51. The Bertz CT molecular complexity index is 1710. The van der Waals surface area contributed by atoms with Gasteiger partial charge in [0.15, 0.2) is 0 Å². The lowest BCUT2D eigenvalue weighted by molar-refractivity contribution is 0.709. The maximum absolute atomic E-state index is 13.1. The van der Waals surface area contributed by atoms with Crippen molar-refractivity contribution in [2.75, 3.05) is 0 Å². The fourth-order valence-electron chi connectivity index (χ4n) is 4.95. The molecule has 182 valence electrons. The highest BCUT2D eigenvalue weighted by Crippen LogP contribution is 2.39. The molecule has 6 rings (SSSR count). The van der Waals surface area contributed by atoms with Crippen LogP contribution in [0.15, 0.2) is 76.6 Å². The lowest BCUT2D eigenvalue weighted by Gasteiger charge is -2.15. The zero-order chi connectivity index (χ0) is 24.3. The number of aromatic amines is 1. The molecular weight excluding hydrogens is 472 g/mol. The Hall–Kier alpha value is -3.90. The molecule has 1 saturated carbocycles. The summed E-state index contributed by atoms with van der Waals surface area (Å²) in [6.07, 6.45) is 5.89. The van der Waals surface area contributed by atoms with Crippen LogP contribution in [0.2, 0.25) is 0 Å². The van der Waals surface area contributed by atoms with Crippen molar-refractivity contribution >= 4 is 23.3 Å². The molecule has 0 radical (unpaired) electrons. The molecule has 7 heteroatoms. The van der Waals surface area contributed by atoms with Gasteiger partial charge in [0.25, 0.3) is 11.1 Å². The third-order valence-electron chi connectivity index (χ3n) is 6.75. The van der Waals surface area contributed by atoms with Crippen LogP contribution in [0.3, 0.4) is 0 Å². The zero-order valence-corrected chi connectivity index (χ0v) is 21.2. The van der Waals surface area contributed by atoms with Crippen molar-refractivity contribution in [3.63, 3.8) is 0 Å². The number of halogens is 1. The first-order valence-electron chi connectivity index (χ1n) is 11.9. The maximum atomic E-state index is 13.1. The van der Waals surface area contributed by atoms with Crippen molar-refractivity contribution in [3.05, 3.63) is 99.1 Å². The highest BCUT2D eigenvalue weighted by molar-refractivity contribution is 6.00. The van der Waals surface area contributed by atoms with Gasteiger partial charge in [-0.25, -0.2) is 0 Å². The first kappa shape index (κ1) is 23.8. The van der Waals surface area contributed by atoms with E-state index in [-0.39, 0.29) is 29.6 Å². The minimum atomic E-state index is -0.106. The first-order chi connectivity index (χ1) is 16.9. The van der Waals surface area contributed by atoms with Crippen LogP contribution in [0.5, 0.6) is 0 Å². The van der Waals surface area contributed by atoms with Gasteiger partial charge >= 0.3 is 0 Å². The molecule has 0 atom stereocenters. The van der Waals surface area contributed by atoms with E-state index in [4.69, 9.17) is 0 Å². The van der Waals surface area contributed by atoms with Crippen LogP contribution >= 0.6 is 12.4 Å². The van der Waals surface area contributed by atoms with Crippen molar-refractivity contribution in [1.29, 1.82) is 0 Å². The van der Waals surface area contributed by atoms with E-state index in [2.05, 4.69) is 22.1 Å². The normalized spacial score (nSPS) is 13.1. The molecule has 0 aliphatic heterocycles. The minimum absolute atomic E-state index is 0. The van der Waals surface area contributed by atoms with Crippen LogP contribution in [-0.4, -0.2) is 19.1 Å². The van der Waals surface area contributed by atoms with Crippen molar-refractivity contribution in [2.24, 2.45) is 7.05 Å². The predicted octanol–water partition coefficient (Wildman–Crippen LogP) is 5.80. The molecule has 6 nitrogen and oxygen atoms in total. The van der Waals surface area contributed by atoms with E-state index in [1.807, 2.05) is 67.2 Å². The van der Waals surface area contributed by atoms with E-state index in [0.717, 1.165) is 63.1 Å². The molecule has 0 saturated heterocycles. The lowest BCUT2D eigenvalue weighted by atomic mass is 9.95. The summed E-state index contributed by atoms with van der Waals surface area (Å²) in [5.74, 6) is 0. The van der Waals surface area contributed by atoms with E-state index < -0.39 is 0 Å². The number of aromatic nitrogens is 4. The fourth-order valence-corrected chi connectivity index (χ4v) is 4.95. The summed E-state index contributed by atoms with van der Waals surface area (Å²) in [5, 5.41) is 0.802. The van der Waals surface area contributed by atoms with Gasteiger partial charge < -0.3 is 14.1 Å². The predicted molar refractivity (Wildman–Crippen MR) is 147 cm³/mol. The lowest BCUT2D eigenvalue weighted by Crippen LogP contribution is -2.19. The Labute approximate surface area is 214 Å². The Morgan fingerprint density at radius 1 is 0.861 bits per heavy atom. The highest BCUT2D eigenvalue weighted by atomic mass is 35.5. The monoisotopic (exact) mass is 498 g/mol. The molecule has 1 fully saturated rings. The highest BCUT2D eigenvalue weighted by Gasteiger charge is 2.26. The van der Waals surface area contributed by atoms with Crippen LogP contribution < -0.4 is 11.1 Å². The Kier molecular flexibility index (Phi) is 5.92. The zero-order valence-electron chi connectivity index (χ0n) is 20.4. The van der Waals surface area contributed by atoms with Crippen LogP contribution in [-0.2, 0) is 7.05 Å². The summed E-state index contributed by atoms with van der Waals surface area (Å²) in [6, 6.07) is 18.2. The van der Waals surface area contributed by atoms with Crippen LogP contribution in [0.25, 0.3) is 44.4 Å². The molecule has 1 N–H and O–H groups in total. The second kappa shape index (κ2) is 8.95. The van der Waals surface area contributed by atoms with Gasteiger partial charge in [-0.1, -0.05) is 30.3 Å². The minimum Gasteiger partial charge on any atom is -0.350 e. The van der Waals surface area contributed by atoms with Gasteiger partial charge in [0.1, 0.15) is 5.52 Å². The number of benzene rings is 1. The molecule has 0 spiro atoms. The molecule has 0 unspecified atom stereocenters. The average Bonchev–Trinajstić information content (AvgIpc) is 3.58. The van der Waals surface area contributed by atoms with Crippen LogP contribution in [0, 0.1) is 13.8 Å². The molecule has 0 amide bonds. The summed E-state index contributed by atoms with van der Waals surface area (Å²) >= 11 is 0. The Morgan fingerprint density at radius 3 is 2.22 bits per heavy atom. The number of rotatable bonds is 4. The Morgan fingerprint density at radius 2 is 1.56 bits per heavy atom. The van der Waals surface area contributed by atoms with Gasteiger partial charge in [-0.05, 0) is 56.0 Å². The molecule has 4 heterocycles. The number of fused-ring (bicyclic) bond motifs is 1. The molecule has 5 aromatic rings. The quantitative estimate of drug-likeness (QED) is 0.340. The number of hydrogen-bond acceptors (Lipinski definition) is 3. The van der Waals surface area contributed by atoms with Crippen molar-refractivity contribution < 1.29 is 0 Å². The second-order valence-corrected chi connectivity index (χ2v) is 9.51. The molecule has 36 heavy (non-hydrogen) atoms. The molecule has 1 aromatic carbocycles. The smallest absolute Gasteiger partial charge is 0.274 e. The van der Waals surface area contributed by atoms with E-state index in [1.165, 1.54) is 0 Å². The summed E-state index contributed by atoms with van der Waals surface area (Å²) in [4.78, 5) is 34.1. The van der Waals surface area contributed by atoms with E-state index in [0.29, 0.717) is 5.52 Å². The largest absolute Gasteiger partial charge is 0.350 e. The van der Waals surface area contributed by atoms with Crippen molar-refractivity contribution in [2.45, 2.75) is 32.7 Å². The van der Waals surface area contributed by atoms with Gasteiger partial charge in [0.05, 0.1) is 0 Å². The molecule has 1 aliphatic carbocycles. The van der Waals surface area contributed by atoms with Crippen LogP contribution in [0.4, 0.5) is 0 Å². The van der Waals surface area contributed by atoms with Crippen molar-refractivity contribution in [3.8, 4) is 33.5 Å². The van der Waals surface area contributed by atoms with Gasteiger partial charge in [-0.2, -0.15) is 0 Å². The number of H-pyrrole nitrogens is 1. The summed E-state index contributed by atoms with van der Waals surface area (Å²) in [6.45, 7) is 3.93. The van der Waals surface area contributed by atoms with Gasteiger partial charge in [0, 0.05) is 70.7 Å². The third kappa shape index (κ3) is 4.07. The molecule has 0 bridgehead atoms. The first-order valence-corrected chi connectivity index (χ1v) is 11.9. The van der Waals surface area contributed by atoms with Gasteiger partial charge in [-0.3, -0.25) is 14.6 Å². The van der Waals surface area contributed by atoms with Gasteiger partial charge in [-0.15, -0.1) is 12.4 Å². The molecule has 1 aliphatic rings. The number of pyridine rings is 3. The number of aryl methyl sites for hydroxylation is 3. The van der Waals surface area contributed by atoms with Crippen LogP contribution in [0.1, 0.15) is 30.3 Å². The van der Waals surface area contributed by atoms with E-state index in [1.54, 1.807) is 17.7 Å². The van der Waals surface area contributed by atoms with Crippen molar-refractivity contribution in [1.82, 2.24) is 19.1 Å². The van der Waals surface area contributed by atoms with E-state index >= 15 is 0 Å². The summed E-state index contributed by atoms with van der Waals surface area (Å²) in [5.41, 5.74) is 7.77. The molecular formula is C29H27ClN4O2. The number of hydrogen-bond donors (Lipinski definition) is 1. The van der Waals surface area contributed by atoms with E-state index in [9.17, 15) is 9.59 Å². The summed E-state index contributed by atoms with van der Waals surface area (Å²) < 4.78 is 3.44. The molecule has 4 aromatic heterocycles. The number of nitrogens with zero attached hydrogens (tertiary/aromatic N) is 3. The summed E-state index contributed by atoms with van der Waals surface area (Å²) in [7, 11) is 1.75. The fraction of sp³-hybridized carbons (Fsp3) is 0.207. The van der Waals surface area contributed by atoms with Gasteiger partial charge in [0.2, 0.25) is 0 Å². The standard InChI is InChI=1S/C29H26N4O2.ClH/c1-17-11-20(12-18(2)30-17)26-13-23-25(15-32(3)29(35)28(23)31-26)22-14-27(34)33(21-9-10-21)16-24(22)19-7-5-4-6-8-19;/h4-8,11-16,21,31H,9-10H2,1-3H3;1H. The maximum Gasteiger partial charge on any atom is 0.274 e. The number of nitrogens with one attached hydrogen (secondary N) is 1. The third-order valence-corrected chi connectivity index (χ3v) is 6.75. The average molecular weight is 499 g/mol. The SMILES string of the molecule is Cc1cc(-c2cc3c(-c4cc(=O)n(C5CC5)cc4-c4ccccc4)cn(C)c(=O)c3[nH]2)cc(C)n1.Cl.